The fourth-order valence-corrected chi connectivity index (χ4v) is 2.91. The molecule has 1 saturated heterocycles. The maximum Gasteiger partial charge on any atom is 0.534 e. The normalized spacial score (nSPS) is 22.1. The number of amides is 1. The number of alkyl halides is 3. The summed E-state index contributed by atoms with van der Waals surface area (Å²) in [6.07, 6.45) is 0.703. The van der Waals surface area contributed by atoms with Gasteiger partial charge in [-0.15, -0.1) is 0 Å². The molecule has 1 unspecified atom stereocenters. The van der Waals surface area contributed by atoms with Gasteiger partial charge in [-0.2, -0.15) is 21.6 Å². The number of hydrogen-bond acceptors (Lipinski definition) is 6. The number of carbonyl (C=O) groups excluding carboxylic acids is 1. The second-order valence-electron chi connectivity index (χ2n) is 6.60. The van der Waals surface area contributed by atoms with Crippen LogP contribution in [-0.2, 0) is 19.0 Å². The molecule has 1 atom stereocenters. The van der Waals surface area contributed by atoms with Crippen molar-refractivity contribution in [1.82, 2.24) is 9.80 Å². The Labute approximate surface area is 138 Å². The number of hydrogen-bond donors (Lipinski definition) is 0. The van der Waals surface area contributed by atoms with Crippen LogP contribution in [0.2, 0.25) is 0 Å². The van der Waals surface area contributed by atoms with Gasteiger partial charge in [-0.1, -0.05) is 0 Å². The third-order valence-corrected chi connectivity index (χ3v) is 4.43. The Morgan fingerprint density at radius 2 is 1.88 bits per heavy atom. The van der Waals surface area contributed by atoms with Crippen molar-refractivity contribution in [1.29, 1.82) is 0 Å². The summed E-state index contributed by atoms with van der Waals surface area (Å²) < 4.78 is 68.6. The van der Waals surface area contributed by atoms with Gasteiger partial charge in [0.1, 0.15) is 11.4 Å². The van der Waals surface area contributed by atoms with Gasteiger partial charge in [0.2, 0.25) is 0 Å². The molecule has 0 aromatic rings. The molecule has 2 heterocycles. The molecule has 0 spiro atoms. The van der Waals surface area contributed by atoms with E-state index in [0.717, 1.165) is 0 Å². The lowest BCUT2D eigenvalue weighted by molar-refractivity contribution is -0.0523. The predicted octanol–water partition coefficient (Wildman–Crippen LogP) is 2.02. The lowest BCUT2D eigenvalue weighted by Gasteiger charge is -2.38. The van der Waals surface area contributed by atoms with E-state index in [2.05, 4.69) is 4.18 Å². The van der Waals surface area contributed by atoms with Crippen molar-refractivity contribution < 1.29 is 35.3 Å². The monoisotopic (exact) mass is 372 g/mol. The van der Waals surface area contributed by atoms with Crippen LogP contribution in [0.5, 0.6) is 0 Å². The van der Waals surface area contributed by atoms with Crippen molar-refractivity contribution in [3.05, 3.63) is 12.0 Å². The highest BCUT2D eigenvalue weighted by Crippen LogP contribution is 2.32. The predicted molar refractivity (Wildman–Crippen MR) is 77.1 cm³/mol. The molecule has 1 fully saturated rings. The van der Waals surface area contributed by atoms with Gasteiger partial charge in [-0.25, -0.2) is 4.79 Å². The maximum absolute atomic E-state index is 12.4. The van der Waals surface area contributed by atoms with E-state index in [1.165, 1.54) is 11.1 Å². The molecule has 0 N–H and O–H groups in total. The maximum atomic E-state index is 12.4. The van der Waals surface area contributed by atoms with E-state index in [4.69, 9.17) is 4.74 Å². The minimum Gasteiger partial charge on any atom is -0.444 e. The number of halogens is 3. The second-order valence-corrected chi connectivity index (χ2v) is 8.14. The Morgan fingerprint density at radius 1 is 1.25 bits per heavy atom. The summed E-state index contributed by atoms with van der Waals surface area (Å²) in [6, 6.07) is -0.343. The van der Waals surface area contributed by atoms with Crippen molar-refractivity contribution in [2.75, 3.05) is 19.6 Å². The highest BCUT2D eigenvalue weighted by Gasteiger charge is 2.49. The van der Waals surface area contributed by atoms with Crippen LogP contribution in [0.15, 0.2) is 12.0 Å². The summed E-state index contributed by atoms with van der Waals surface area (Å²) in [6.45, 7) is 6.07. The quantitative estimate of drug-likeness (QED) is 0.545. The Morgan fingerprint density at radius 3 is 2.42 bits per heavy atom. The van der Waals surface area contributed by atoms with E-state index < -0.39 is 27.3 Å². The Balaban J connectivity index is 1.97. The van der Waals surface area contributed by atoms with Crippen molar-refractivity contribution in [3.63, 3.8) is 0 Å². The zero-order chi connectivity index (χ0) is 18.3. The molecular formula is C13H19F3N2O5S. The van der Waals surface area contributed by atoms with Crippen LogP contribution in [0.4, 0.5) is 18.0 Å². The van der Waals surface area contributed by atoms with Gasteiger partial charge >= 0.3 is 21.7 Å². The van der Waals surface area contributed by atoms with Gasteiger partial charge in [0.15, 0.2) is 0 Å². The third-order valence-electron chi connectivity index (χ3n) is 3.43. The van der Waals surface area contributed by atoms with Crippen LogP contribution in [0, 0.1) is 0 Å². The number of carbonyl (C=O) groups is 1. The Hall–Kier alpha value is -1.65. The van der Waals surface area contributed by atoms with Crippen molar-refractivity contribution >= 4 is 16.2 Å². The number of piperazine rings is 1. The number of rotatable bonds is 2. The van der Waals surface area contributed by atoms with Crippen LogP contribution in [-0.4, -0.2) is 61.1 Å². The molecule has 7 nitrogen and oxygen atoms in total. The van der Waals surface area contributed by atoms with Crippen LogP contribution in [0.3, 0.4) is 0 Å². The lowest BCUT2D eigenvalue weighted by Crippen LogP contribution is -2.52. The fraction of sp³-hybridized carbons (Fsp3) is 0.769. The van der Waals surface area contributed by atoms with Gasteiger partial charge in [0.05, 0.1) is 6.04 Å². The summed E-state index contributed by atoms with van der Waals surface area (Å²) in [5, 5.41) is 0. The highest BCUT2D eigenvalue weighted by molar-refractivity contribution is 7.87. The van der Waals surface area contributed by atoms with E-state index in [9.17, 15) is 26.4 Å². The zero-order valence-electron chi connectivity index (χ0n) is 13.5. The van der Waals surface area contributed by atoms with Crippen LogP contribution >= 0.6 is 0 Å². The molecule has 2 aliphatic rings. The summed E-state index contributed by atoms with van der Waals surface area (Å²) in [4.78, 5) is 15.2. The minimum atomic E-state index is -5.68. The Kier molecular flexibility index (Phi) is 4.68. The third kappa shape index (κ3) is 4.25. The largest absolute Gasteiger partial charge is 0.534 e. The van der Waals surface area contributed by atoms with E-state index in [-0.39, 0.29) is 24.8 Å². The smallest absolute Gasteiger partial charge is 0.444 e. The van der Waals surface area contributed by atoms with Gasteiger partial charge in [-0.3, -0.25) is 0 Å². The SMILES string of the molecule is CC(C)(C)OC(=O)N1CCN2C=C(OS(=O)(=O)C(F)(F)F)CC2C1. The molecular weight excluding hydrogens is 353 g/mol. The Bertz CT molecular complexity index is 639. The number of nitrogens with zero attached hydrogens (tertiary/aromatic N) is 2. The summed E-state index contributed by atoms with van der Waals surface area (Å²) >= 11 is 0. The molecule has 0 aromatic heterocycles. The topological polar surface area (TPSA) is 76.2 Å². The van der Waals surface area contributed by atoms with E-state index >= 15 is 0 Å². The van der Waals surface area contributed by atoms with E-state index in [1.54, 1.807) is 25.7 Å². The highest BCUT2D eigenvalue weighted by atomic mass is 32.2. The first-order valence-electron chi connectivity index (χ1n) is 7.23. The van der Waals surface area contributed by atoms with Gasteiger partial charge in [-0.05, 0) is 20.8 Å². The summed E-state index contributed by atoms with van der Waals surface area (Å²) in [7, 11) is -5.68. The minimum absolute atomic E-state index is 0.0331. The second kappa shape index (κ2) is 6.01. The summed E-state index contributed by atoms with van der Waals surface area (Å²) in [5.74, 6) is -0.289. The molecule has 1 amide bonds. The van der Waals surface area contributed by atoms with Crippen LogP contribution < -0.4 is 0 Å². The van der Waals surface area contributed by atoms with Gasteiger partial charge < -0.3 is 18.7 Å². The molecule has 138 valence electrons. The first kappa shape index (κ1) is 18.7. The molecule has 11 heteroatoms. The van der Waals surface area contributed by atoms with Crippen molar-refractivity contribution in [3.8, 4) is 0 Å². The van der Waals surface area contributed by atoms with E-state index in [0.29, 0.717) is 13.1 Å². The summed E-state index contributed by atoms with van der Waals surface area (Å²) in [5.41, 5.74) is -6.13. The van der Waals surface area contributed by atoms with Gasteiger partial charge in [0.25, 0.3) is 0 Å². The molecule has 0 radical (unpaired) electrons. The average molecular weight is 372 g/mol. The lowest BCUT2D eigenvalue weighted by atomic mass is 10.1. The first-order valence-corrected chi connectivity index (χ1v) is 8.64. The molecule has 2 aliphatic heterocycles. The molecule has 24 heavy (non-hydrogen) atoms. The molecule has 0 aromatic carbocycles. The molecule has 0 aliphatic carbocycles. The zero-order valence-corrected chi connectivity index (χ0v) is 14.3. The fourth-order valence-electron chi connectivity index (χ4n) is 2.43. The number of ether oxygens (including phenoxy) is 1. The van der Waals surface area contributed by atoms with Crippen LogP contribution in [0.25, 0.3) is 0 Å². The molecule has 0 bridgehead atoms. The van der Waals surface area contributed by atoms with Crippen LogP contribution in [0.1, 0.15) is 27.2 Å². The van der Waals surface area contributed by atoms with Crippen molar-refractivity contribution in [2.24, 2.45) is 0 Å². The first-order chi connectivity index (χ1) is 10.8. The molecule has 2 rings (SSSR count). The number of fused-ring (bicyclic) bond motifs is 1. The van der Waals surface area contributed by atoms with E-state index in [1.807, 2.05) is 0 Å². The van der Waals surface area contributed by atoms with Crippen molar-refractivity contribution in [2.45, 2.75) is 44.3 Å². The van der Waals surface area contributed by atoms with Gasteiger partial charge in [0, 0.05) is 32.3 Å². The standard InChI is InChI=1S/C13H19F3N2O5S/c1-12(2,3)22-11(19)18-5-4-17-8-10(6-9(17)7-18)23-24(20,21)13(14,15)16/h8-9H,4-7H2,1-3H3. The average Bonchev–Trinajstić information content (AvgIpc) is 2.75. The molecule has 0 saturated carbocycles.